The SMILES string of the molecule is COc1ccc(C[C@@H](C(=O)N(Cc2ccccc2Cl)c2ccc(C#N)c(C(F)(F)F)c2)N(C)C)cc1OC. The van der Waals surface area contributed by atoms with Crippen molar-refractivity contribution in [3.63, 3.8) is 0 Å². The van der Waals surface area contributed by atoms with E-state index in [1.165, 1.54) is 25.2 Å². The van der Waals surface area contributed by atoms with E-state index in [4.69, 9.17) is 21.1 Å². The van der Waals surface area contributed by atoms with Crippen LogP contribution in [-0.4, -0.2) is 45.2 Å². The number of carbonyl (C=O) groups is 1. The number of halogens is 4. The molecule has 0 aliphatic carbocycles. The Morgan fingerprint density at radius 2 is 1.71 bits per heavy atom. The molecular formula is C28H27ClF3N3O3. The number of rotatable bonds is 9. The van der Waals surface area contributed by atoms with Crippen molar-refractivity contribution in [2.45, 2.75) is 25.2 Å². The molecule has 0 saturated heterocycles. The Kier molecular flexibility index (Phi) is 9.26. The number of anilines is 1. The summed E-state index contributed by atoms with van der Waals surface area (Å²) in [5.41, 5.74) is -0.315. The molecule has 0 radical (unpaired) electrons. The highest BCUT2D eigenvalue weighted by Gasteiger charge is 2.36. The smallest absolute Gasteiger partial charge is 0.417 e. The summed E-state index contributed by atoms with van der Waals surface area (Å²) in [6, 6.07) is 16.2. The predicted octanol–water partition coefficient (Wildman–Crippen LogP) is 5.95. The van der Waals surface area contributed by atoms with Crippen molar-refractivity contribution >= 4 is 23.2 Å². The van der Waals surface area contributed by atoms with Crippen molar-refractivity contribution in [2.24, 2.45) is 0 Å². The van der Waals surface area contributed by atoms with Gasteiger partial charge in [-0.3, -0.25) is 9.69 Å². The molecule has 1 amide bonds. The summed E-state index contributed by atoms with van der Waals surface area (Å²) in [6.07, 6.45) is -4.53. The maximum absolute atomic E-state index is 14.0. The summed E-state index contributed by atoms with van der Waals surface area (Å²) >= 11 is 6.35. The first kappa shape index (κ1) is 28.8. The first-order valence-corrected chi connectivity index (χ1v) is 11.9. The fourth-order valence-corrected chi connectivity index (χ4v) is 4.22. The molecule has 6 nitrogen and oxygen atoms in total. The Hall–Kier alpha value is -3.74. The second-order valence-corrected chi connectivity index (χ2v) is 9.14. The van der Waals surface area contributed by atoms with Crippen LogP contribution in [0.2, 0.25) is 5.02 Å². The van der Waals surface area contributed by atoms with Crippen LogP contribution in [0.1, 0.15) is 22.3 Å². The van der Waals surface area contributed by atoms with Gasteiger partial charge in [-0.15, -0.1) is 0 Å². The van der Waals surface area contributed by atoms with E-state index < -0.39 is 29.3 Å². The van der Waals surface area contributed by atoms with Crippen molar-refractivity contribution in [1.29, 1.82) is 5.26 Å². The van der Waals surface area contributed by atoms with Gasteiger partial charge in [-0.1, -0.05) is 35.9 Å². The monoisotopic (exact) mass is 545 g/mol. The Bertz CT molecular complexity index is 1340. The number of hydrogen-bond acceptors (Lipinski definition) is 5. The first-order chi connectivity index (χ1) is 18.0. The number of benzene rings is 3. The Labute approximate surface area is 224 Å². The van der Waals surface area contributed by atoms with Gasteiger partial charge in [0.1, 0.15) is 0 Å². The molecule has 1 atom stereocenters. The fourth-order valence-electron chi connectivity index (χ4n) is 4.03. The number of ether oxygens (including phenoxy) is 2. The number of likely N-dealkylation sites (N-methyl/N-ethyl adjacent to an activating group) is 1. The van der Waals surface area contributed by atoms with E-state index in [9.17, 15) is 23.2 Å². The van der Waals surface area contributed by atoms with Gasteiger partial charge in [0.15, 0.2) is 11.5 Å². The Morgan fingerprint density at radius 1 is 1.03 bits per heavy atom. The maximum Gasteiger partial charge on any atom is 0.417 e. The lowest BCUT2D eigenvalue weighted by Gasteiger charge is -2.32. The molecule has 10 heteroatoms. The van der Waals surface area contributed by atoms with E-state index in [0.717, 1.165) is 17.7 Å². The number of alkyl halides is 3. The van der Waals surface area contributed by atoms with Crippen LogP contribution in [0.3, 0.4) is 0 Å². The second-order valence-electron chi connectivity index (χ2n) is 8.73. The largest absolute Gasteiger partial charge is 0.493 e. The molecule has 0 spiro atoms. The van der Waals surface area contributed by atoms with E-state index in [2.05, 4.69) is 0 Å². The molecule has 0 unspecified atom stereocenters. The summed E-state index contributed by atoms with van der Waals surface area (Å²) in [5.74, 6) is 0.578. The number of nitrogens with zero attached hydrogens (tertiary/aromatic N) is 3. The number of carbonyl (C=O) groups excluding carboxylic acids is 1. The fraction of sp³-hybridized carbons (Fsp3) is 0.286. The normalized spacial score (nSPS) is 12.1. The second kappa shape index (κ2) is 12.2. The lowest BCUT2D eigenvalue weighted by molar-refractivity contribution is -0.137. The molecule has 0 bridgehead atoms. The van der Waals surface area contributed by atoms with Gasteiger partial charge in [0, 0.05) is 10.7 Å². The lowest BCUT2D eigenvalue weighted by atomic mass is 10.0. The maximum atomic E-state index is 14.0. The van der Waals surface area contributed by atoms with Gasteiger partial charge < -0.3 is 14.4 Å². The molecule has 0 N–H and O–H groups in total. The van der Waals surface area contributed by atoms with Crippen molar-refractivity contribution in [1.82, 2.24) is 4.90 Å². The summed E-state index contributed by atoms with van der Waals surface area (Å²) in [7, 11) is 6.46. The van der Waals surface area contributed by atoms with E-state index >= 15 is 0 Å². The van der Waals surface area contributed by atoms with Gasteiger partial charge in [0.25, 0.3) is 0 Å². The molecule has 0 aromatic heterocycles. The number of amides is 1. The van der Waals surface area contributed by atoms with Gasteiger partial charge in [-0.2, -0.15) is 18.4 Å². The van der Waals surface area contributed by atoms with E-state index in [1.807, 2.05) is 0 Å². The van der Waals surface area contributed by atoms with Gasteiger partial charge >= 0.3 is 6.18 Å². The predicted molar refractivity (Wildman–Crippen MR) is 140 cm³/mol. The minimum absolute atomic E-state index is 0.000376. The average molecular weight is 546 g/mol. The van der Waals surface area contributed by atoms with Crippen LogP contribution in [0.25, 0.3) is 0 Å². The molecule has 200 valence electrons. The van der Waals surface area contributed by atoms with Crippen molar-refractivity contribution in [3.05, 3.63) is 87.9 Å². The molecule has 3 aromatic carbocycles. The topological polar surface area (TPSA) is 65.8 Å². The highest BCUT2D eigenvalue weighted by molar-refractivity contribution is 6.31. The minimum atomic E-state index is -4.78. The molecule has 3 rings (SSSR count). The van der Waals surface area contributed by atoms with Crippen molar-refractivity contribution in [3.8, 4) is 17.6 Å². The highest BCUT2D eigenvalue weighted by atomic mass is 35.5. The van der Waals surface area contributed by atoms with Gasteiger partial charge in [0.2, 0.25) is 5.91 Å². The zero-order valence-corrected chi connectivity index (χ0v) is 22.1. The van der Waals surface area contributed by atoms with Crippen LogP contribution in [0.4, 0.5) is 18.9 Å². The van der Waals surface area contributed by atoms with Crippen molar-refractivity contribution < 1.29 is 27.4 Å². The Balaban J connectivity index is 2.09. The molecule has 0 heterocycles. The van der Waals surface area contributed by atoms with Crippen molar-refractivity contribution in [2.75, 3.05) is 33.2 Å². The third-order valence-electron chi connectivity index (χ3n) is 6.08. The standard InChI is InChI=1S/C28H27ClF3N3O3/c1-34(2)24(13-18-9-12-25(37-3)26(14-18)38-4)27(36)35(17-20-7-5-6-8-23(20)29)21-11-10-19(16-33)22(15-21)28(30,31)32/h5-12,14-15,24H,13,17H2,1-4H3/t24-/m0/s1. The quantitative estimate of drug-likeness (QED) is 0.332. The van der Waals surface area contributed by atoms with Crippen LogP contribution in [0.15, 0.2) is 60.7 Å². The molecule has 0 aliphatic rings. The van der Waals surface area contributed by atoms with Gasteiger partial charge in [-0.05, 0) is 68.0 Å². The van der Waals surface area contributed by atoms with Gasteiger partial charge in [-0.25, -0.2) is 0 Å². The van der Waals surface area contributed by atoms with E-state index in [0.29, 0.717) is 22.1 Å². The molecule has 38 heavy (non-hydrogen) atoms. The summed E-state index contributed by atoms with van der Waals surface area (Å²) in [6.45, 7) is -0.0715. The summed E-state index contributed by atoms with van der Waals surface area (Å²) in [5, 5.41) is 9.60. The first-order valence-electron chi connectivity index (χ1n) is 11.5. The zero-order chi connectivity index (χ0) is 28.0. The minimum Gasteiger partial charge on any atom is -0.493 e. The van der Waals surface area contributed by atoms with Crippen LogP contribution in [0.5, 0.6) is 11.5 Å². The molecular weight excluding hydrogens is 519 g/mol. The summed E-state index contributed by atoms with van der Waals surface area (Å²) < 4.78 is 52.0. The summed E-state index contributed by atoms with van der Waals surface area (Å²) in [4.78, 5) is 17.0. The average Bonchev–Trinajstić information content (AvgIpc) is 2.89. The highest BCUT2D eigenvalue weighted by Crippen LogP contribution is 2.36. The molecule has 0 fully saturated rings. The number of methoxy groups -OCH3 is 2. The van der Waals surface area contributed by atoms with E-state index in [-0.39, 0.29) is 18.7 Å². The van der Waals surface area contributed by atoms with Crippen LogP contribution in [-0.2, 0) is 23.9 Å². The third kappa shape index (κ3) is 6.57. The Morgan fingerprint density at radius 3 is 2.29 bits per heavy atom. The zero-order valence-electron chi connectivity index (χ0n) is 21.3. The third-order valence-corrected chi connectivity index (χ3v) is 6.45. The molecule has 3 aromatic rings. The van der Waals surface area contributed by atoms with Crippen LogP contribution in [0, 0.1) is 11.3 Å². The molecule has 0 aliphatic heterocycles. The lowest BCUT2D eigenvalue weighted by Crippen LogP contribution is -2.47. The van der Waals surface area contributed by atoms with E-state index in [1.54, 1.807) is 67.5 Å². The molecule has 0 saturated carbocycles. The van der Waals surface area contributed by atoms with Crippen LogP contribution < -0.4 is 14.4 Å². The number of hydrogen-bond donors (Lipinski definition) is 0. The van der Waals surface area contributed by atoms with Crippen LogP contribution >= 0.6 is 11.6 Å². The number of nitriles is 1. The van der Waals surface area contributed by atoms with Gasteiger partial charge in [0.05, 0.1) is 44.0 Å².